The molecular weight excluding hydrogens is 326 g/mol. The fourth-order valence-corrected chi connectivity index (χ4v) is 2.43. The third-order valence-corrected chi connectivity index (χ3v) is 3.74. The van der Waals surface area contributed by atoms with Gasteiger partial charge in [0.2, 0.25) is 0 Å². The minimum atomic E-state index is -0.0671. The van der Waals surface area contributed by atoms with Gasteiger partial charge in [0.05, 0.1) is 10.9 Å². The number of hydrogen-bond donors (Lipinski definition) is 1. The van der Waals surface area contributed by atoms with Gasteiger partial charge in [0.15, 0.2) is 5.43 Å². The molecule has 4 nitrogen and oxygen atoms in total. The molecule has 0 saturated carbocycles. The predicted octanol–water partition coefficient (Wildman–Crippen LogP) is 4.46. The van der Waals surface area contributed by atoms with E-state index in [1.54, 1.807) is 42.5 Å². The molecule has 4 heteroatoms. The smallest absolute Gasteiger partial charge is 0.200 e. The Bertz CT molecular complexity index is 916. The average Bonchev–Trinajstić information content (AvgIpc) is 2.64. The van der Waals surface area contributed by atoms with E-state index in [0.717, 1.165) is 18.7 Å². The number of phenolic OH excluding ortho intramolecular Hbond substituents is 1. The Labute approximate surface area is 153 Å². The van der Waals surface area contributed by atoms with Crippen molar-refractivity contribution in [2.24, 2.45) is 0 Å². The third kappa shape index (κ3) is 4.94. The van der Waals surface area contributed by atoms with Crippen molar-refractivity contribution in [2.75, 3.05) is 20.1 Å². The van der Waals surface area contributed by atoms with Crippen LogP contribution in [-0.4, -0.2) is 30.1 Å². The Kier molecular flexibility index (Phi) is 6.94. The van der Waals surface area contributed by atoms with Crippen LogP contribution in [0.25, 0.3) is 22.1 Å². The highest BCUT2D eigenvalue weighted by Gasteiger charge is 2.08. The molecule has 0 spiro atoms. The summed E-state index contributed by atoms with van der Waals surface area (Å²) in [7, 11) is 2.03. The van der Waals surface area contributed by atoms with Crippen LogP contribution in [0.4, 0.5) is 0 Å². The Morgan fingerprint density at radius 2 is 1.65 bits per heavy atom. The van der Waals surface area contributed by atoms with E-state index in [9.17, 15) is 9.90 Å². The number of para-hydroxylation sites is 1. The molecule has 0 aliphatic carbocycles. The van der Waals surface area contributed by atoms with Crippen molar-refractivity contribution >= 4 is 11.0 Å². The number of hydrogen-bond acceptors (Lipinski definition) is 4. The molecule has 1 aromatic heterocycles. The van der Waals surface area contributed by atoms with Gasteiger partial charge in [0.25, 0.3) is 0 Å². The Hall–Kier alpha value is -3.11. The van der Waals surface area contributed by atoms with Gasteiger partial charge in [-0.05, 0) is 36.9 Å². The van der Waals surface area contributed by atoms with E-state index in [0.29, 0.717) is 16.5 Å². The molecule has 1 N–H and O–H groups in total. The van der Waals surface area contributed by atoms with Crippen LogP contribution >= 0.6 is 0 Å². The molecule has 134 valence electrons. The van der Waals surface area contributed by atoms with E-state index in [2.05, 4.69) is 18.1 Å². The van der Waals surface area contributed by atoms with Gasteiger partial charge in [0, 0.05) is 13.1 Å². The first-order valence-corrected chi connectivity index (χ1v) is 8.27. The van der Waals surface area contributed by atoms with E-state index in [1.165, 1.54) is 6.26 Å². The third-order valence-electron chi connectivity index (χ3n) is 3.74. The molecule has 0 atom stereocenters. The van der Waals surface area contributed by atoms with Crippen molar-refractivity contribution in [2.45, 2.75) is 0 Å². The lowest BCUT2D eigenvalue weighted by Crippen LogP contribution is -2.17. The molecule has 0 fully saturated rings. The number of aromatic hydroxyl groups is 1. The van der Waals surface area contributed by atoms with Gasteiger partial charge < -0.3 is 9.52 Å². The maximum absolute atomic E-state index is 12.3. The van der Waals surface area contributed by atoms with Crippen molar-refractivity contribution in [3.05, 3.63) is 90.3 Å². The van der Waals surface area contributed by atoms with Crippen LogP contribution in [0, 0.1) is 0 Å². The largest absolute Gasteiger partial charge is 0.508 e. The fourth-order valence-electron chi connectivity index (χ4n) is 2.43. The lowest BCUT2D eigenvalue weighted by atomic mass is 10.1. The van der Waals surface area contributed by atoms with Gasteiger partial charge in [-0.15, -0.1) is 13.2 Å². The predicted molar refractivity (Wildman–Crippen MR) is 107 cm³/mol. The van der Waals surface area contributed by atoms with Gasteiger partial charge >= 0.3 is 0 Å². The summed E-state index contributed by atoms with van der Waals surface area (Å²) in [5.41, 5.74) is 1.73. The molecule has 2 aromatic carbocycles. The molecule has 0 amide bonds. The van der Waals surface area contributed by atoms with E-state index in [4.69, 9.17) is 4.42 Å². The summed E-state index contributed by atoms with van der Waals surface area (Å²) in [5, 5.41) is 9.80. The van der Waals surface area contributed by atoms with Gasteiger partial charge in [0.1, 0.15) is 17.6 Å². The summed E-state index contributed by atoms with van der Waals surface area (Å²) in [6.45, 7) is 9.09. The summed E-state index contributed by atoms with van der Waals surface area (Å²) in [6, 6.07) is 13.6. The van der Waals surface area contributed by atoms with E-state index in [1.807, 2.05) is 25.3 Å². The molecule has 3 rings (SSSR count). The first-order chi connectivity index (χ1) is 12.6. The Morgan fingerprint density at radius 3 is 2.27 bits per heavy atom. The number of nitrogens with zero attached hydrogens (tertiary/aromatic N) is 1. The molecule has 0 aliphatic heterocycles. The van der Waals surface area contributed by atoms with Crippen LogP contribution in [0.2, 0.25) is 0 Å². The number of fused-ring (bicyclic) bond motifs is 1. The monoisotopic (exact) mass is 349 g/mol. The summed E-state index contributed by atoms with van der Waals surface area (Å²) in [5.74, 6) is 0.170. The zero-order valence-electron chi connectivity index (χ0n) is 14.9. The minimum absolute atomic E-state index is 0.0671. The van der Waals surface area contributed by atoms with Crippen LogP contribution in [0.3, 0.4) is 0 Å². The topological polar surface area (TPSA) is 53.7 Å². The first kappa shape index (κ1) is 19.2. The van der Waals surface area contributed by atoms with Crippen LogP contribution in [0.15, 0.2) is 89.3 Å². The summed E-state index contributed by atoms with van der Waals surface area (Å²) >= 11 is 0. The summed E-state index contributed by atoms with van der Waals surface area (Å²) < 4.78 is 5.45. The maximum Gasteiger partial charge on any atom is 0.200 e. The number of phenols is 1. The zero-order valence-corrected chi connectivity index (χ0v) is 14.9. The Balaban J connectivity index is 0.000000260. The van der Waals surface area contributed by atoms with Gasteiger partial charge in [-0.3, -0.25) is 9.69 Å². The molecule has 26 heavy (non-hydrogen) atoms. The van der Waals surface area contributed by atoms with Crippen molar-refractivity contribution in [1.29, 1.82) is 0 Å². The van der Waals surface area contributed by atoms with Crippen molar-refractivity contribution < 1.29 is 9.52 Å². The summed E-state index contributed by atoms with van der Waals surface area (Å²) in [6.07, 6.45) is 5.21. The van der Waals surface area contributed by atoms with Gasteiger partial charge in [-0.25, -0.2) is 0 Å². The highest BCUT2D eigenvalue weighted by molar-refractivity contribution is 5.81. The second-order valence-corrected chi connectivity index (χ2v) is 5.82. The molecule has 3 aromatic rings. The van der Waals surface area contributed by atoms with E-state index in [-0.39, 0.29) is 11.2 Å². The number of rotatable bonds is 5. The quantitative estimate of drug-likeness (QED) is 0.691. The maximum atomic E-state index is 12.3. The van der Waals surface area contributed by atoms with Crippen LogP contribution in [-0.2, 0) is 0 Å². The molecule has 0 saturated heterocycles. The molecule has 0 bridgehead atoms. The number of benzene rings is 2. The lowest BCUT2D eigenvalue weighted by molar-refractivity contribution is 0.413. The fraction of sp³-hybridized carbons (Fsp3) is 0.136. The van der Waals surface area contributed by atoms with Crippen LogP contribution in [0.1, 0.15) is 0 Å². The molecular formula is C22H23NO3. The molecule has 0 unspecified atom stereocenters. The minimum Gasteiger partial charge on any atom is -0.508 e. The SMILES string of the molecule is C=CCN(C)CC=C.O=c1c(-c2ccc(O)cc2)coc2ccccc12. The normalized spacial score (nSPS) is 10.2. The molecule has 1 heterocycles. The van der Waals surface area contributed by atoms with Gasteiger partial charge in [-0.2, -0.15) is 0 Å². The van der Waals surface area contributed by atoms with Crippen molar-refractivity contribution in [1.82, 2.24) is 4.90 Å². The van der Waals surface area contributed by atoms with E-state index < -0.39 is 0 Å². The first-order valence-electron chi connectivity index (χ1n) is 8.27. The lowest BCUT2D eigenvalue weighted by Gasteiger charge is -2.09. The van der Waals surface area contributed by atoms with Gasteiger partial charge in [-0.1, -0.05) is 36.4 Å². The van der Waals surface area contributed by atoms with Crippen molar-refractivity contribution in [3.8, 4) is 16.9 Å². The van der Waals surface area contributed by atoms with Crippen molar-refractivity contribution in [3.63, 3.8) is 0 Å². The van der Waals surface area contributed by atoms with Crippen LogP contribution < -0.4 is 5.43 Å². The van der Waals surface area contributed by atoms with E-state index >= 15 is 0 Å². The molecule has 0 radical (unpaired) electrons. The molecule has 0 aliphatic rings. The highest BCUT2D eigenvalue weighted by Crippen LogP contribution is 2.21. The van der Waals surface area contributed by atoms with Crippen LogP contribution in [0.5, 0.6) is 5.75 Å². The average molecular weight is 349 g/mol. The number of likely N-dealkylation sites (N-methyl/N-ethyl adjacent to an activating group) is 1. The zero-order chi connectivity index (χ0) is 18.9. The second-order valence-electron chi connectivity index (χ2n) is 5.82. The second kappa shape index (κ2) is 9.39. The summed E-state index contributed by atoms with van der Waals surface area (Å²) in [4.78, 5) is 14.4. The Morgan fingerprint density at radius 1 is 1.04 bits per heavy atom. The standard InChI is InChI=1S/C15H10O3.C7H13N/c16-11-7-5-10(6-8-11)13-9-18-14-4-2-1-3-12(14)15(13)17;1-4-6-8(3)7-5-2/h1-9,16H;4-5H,1-2,6-7H2,3H3. The highest BCUT2D eigenvalue weighted by atomic mass is 16.3.